The van der Waals surface area contributed by atoms with E-state index in [9.17, 15) is 13.6 Å². The summed E-state index contributed by atoms with van der Waals surface area (Å²) in [6.07, 6.45) is 0.416. The third kappa shape index (κ3) is 4.07. The summed E-state index contributed by atoms with van der Waals surface area (Å²) in [5.41, 5.74) is -0.587. The highest BCUT2D eigenvalue weighted by atomic mass is 19.1. The Balaban J connectivity index is 2.43. The molecule has 0 saturated heterocycles. The highest BCUT2D eigenvalue weighted by Crippen LogP contribution is 2.19. The number of hydrogen-bond acceptors (Lipinski definition) is 2. The van der Waals surface area contributed by atoms with Gasteiger partial charge in [-0.15, -0.1) is 0 Å². The lowest BCUT2D eigenvalue weighted by molar-refractivity contribution is -0.147. The molecule has 0 fully saturated rings. The van der Waals surface area contributed by atoms with Crippen LogP contribution in [-0.2, 0) is 11.3 Å². The number of halogens is 2. The van der Waals surface area contributed by atoms with Gasteiger partial charge in [-0.3, -0.25) is 4.79 Å². The van der Waals surface area contributed by atoms with Gasteiger partial charge in [0, 0.05) is 12.1 Å². The van der Waals surface area contributed by atoms with E-state index in [1.807, 2.05) is 0 Å². The van der Waals surface area contributed by atoms with Gasteiger partial charge >= 0.3 is 5.97 Å². The van der Waals surface area contributed by atoms with E-state index in [0.29, 0.717) is 13.0 Å². The van der Waals surface area contributed by atoms with Crippen LogP contribution in [-0.4, -0.2) is 17.6 Å². The van der Waals surface area contributed by atoms with E-state index >= 15 is 0 Å². The molecule has 0 aliphatic rings. The van der Waals surface area contributed by atoms with Crippen LogP contribution < -0.4 is 5.32 Å². The molecule has 1 rings (SSSR count). The third-order valence-corrected chi connectivity index (χ3v) is 2.83. The average molecular weight is 257 g/mol. The Bertz CT molecular complexity index is 433. The van der Waals surface area contributed by atoms with Crippen LogP contribution in [0.25, 0.3) is 0 Å². The number of rotatable bonds is 6. The van der Waals surface area contributed by atoms with Crippen molar-refractivity contribution in [2.24, 2.45) is 5.41 Å². The summed E-state index contributed by atoms with van der Waals surface area (Å²) >= 11 is 0. The number of carboxylic acids is 1. The first-order chi connectivity index (χ1) is 8.33. The van der Waals surface area contributed by atoms with Crippen molar-refractivity contribution in [2.75, 3.05) is 6.54 Å². The Labute approximate surface area is 105 Å². The zero-order valence-corrected chi connectivity index (χ0v) is 10.5. The van der Waals surface area contributed by atoms with E-state index in [0.717, 1.165) is 18.2 Å². The number of carboxylic acid groups (broad SMARTS) is 1. The first-order valence-corrected chi connectivity index (χ1v) is 5.71. The highest BCUT2D eigenvalue weighted by Gasteiger charge is 2.26. The van der Waals surface area contributed by atoms with E-state index in [4.69, 9.17) is 5.11 Å². The molecule has 0 radical (unpaired) electrons. The van der Waals surface area contributed by atoms with Crippen LogP contribution in [0.3, 0.4) is 0 Å². The number of nitrogens with one attached hydrogen (secondary N) is 1. The van der Waals surface area contributed by atoms with Gasteiger partial charge in [-0.1, -0.05) is 0 Å². The molecule has 18 heavy (non-hydrogen) atoms. The molecule has 0 heterocycles. The van der Waals surface area contributed by atoms with Gasteiger partial charge in [-0.25, -0.2) is 8.78 Å². The molecule has 1 aromatic carbocycles. The highest BCUT2D eigenvalue weighted by molar-refractivity contribution is 5.73. The van der Waals surface area contributed by atoms with E-state index in [1.165, 1.54) is 0 Å². The number of benzene rings is 1. The first-order valence-electron chi connectivity index (χ1n) is 5.71. The monoisotopic (exact) mass is 257 g/mol. The molecular formula is C13H17F2NO2. The Kier molecular flexibility index (Phi) is 4.78. The molecule has 0 amide bonds. The first kappa shape index (κ1) is 14.6. The standard InChI is InChI=1S/C13H17F2NO2/c1-13(2,12(17)18)5-6-16-8-9-7-10(14)3-4-11(9)15/h3-4,7,16H,5-6,8H2,1-2H3,(H,17,18). The maximum Gasteiger partial charge on any atom is 0.309 e. The minimum atomic E-state index is -0.874. The Morgan fingerprint density at radius 2 is 2.06 bits per heavy atom. The second kappa shape index (κ2) is 5.91. The topological polar surface area (TPSA) is 49.3 Å². The van der Waals surface area contributed by atoms with E-state index < -0.39 is 23.0 Å². The maximum atomic E-state index is 13.3. The molecule has 2 N–H and O–H groups in total. The lowest BCUT2D eigenvalue weighted by Crippen LogP contribution is -2.29. The van der Waals surface area contributed by atoms with Crippen LogP contribution >= 0.6 is 0 Å². The Hall–Kier alpha value is -1.49. The maximum absolute atomic E-state index is 13.3. The van der Waals surface area contributed by atoms with Gasteiger partial charge in [0.25, 0.3) is 0 Å². The van der Waals surface area contributed by atoms with Gasteiger partial charge in [0.2, 0.25) is 0 Å². The molecule has 5 heteroatoms. The fraction of sp³-hybridized carbons (Fsp3) is 0.462. The predicted molar refractivity (Wildman–Crippen MR) is 64.1 cm³/mol. The van der Waals surface area contributed by atoms with Gasteiger partial charge in [0.15, 0.2) is 0 Å². The second-order valence-electron chi connectivity index (χ2n) is 4.85. The second-order valence-corrected chi connectivity index (χ2v) is 4.85. The van der Waals surface area contributed by atoms with Gasteiger partial charge in [-0.2, -0.15) is 0 Å². The number of aliphatic carboxylic acids is 1. The fourth-order valence-electron chi connectivity index (χ4n) is 1.41. The molecule has 0 aliphatic carbocycles. The molecule has 0 saturated carbocycles. The van der Waals surface area contributed by atoms with Gasteiger partial charge in [0.05, 0.1) is 5.41 Å². The van der Waals surface area contributed by atoms with Crippen LogP contribution in [0.1, 0.15) is 25.8 Å². The molecule has 3 nitrogen and oxygen atoms in total. The van der Waals surface area contributed by atoms with Crippen LogP contribution in [0.2, 0.25) is 0 Å². The van der Waals surface area contributed by atoms with Crippen LogP contribution in [0.4, 0.5) is 8.78 Å². The van der Waals surface area contributed by atoms with Crippen molar-refractivity contribution >= 4 is 5.97 Å². The fourth-order valence-corrected chi connectivity index (χ4v) is 1.41. The van der Waals surface area contributed by atoms with Crippen molar-refractivity contribution in [2.45, 2.75) is 26.8 Å². The average Bonchev–Trinajstić information content (AvgIpc) is 2.28. The normalized spacial score (nSPS) is 11.6. The Morgan fingerprint density at radius 3 is 2.67 bits per heavy atom. The summed E-state index contributed by atoms with van der Waals surface area (Å²) in [6.45, 7) is 3.86. The predicted octanol–water partition coefficient (Wildman–Crippen LogP) is 2.56. The molecule has 100 valence electrons. The SMILES string of the molecule is CC(C)(CCNCc1cc(F)ccc1F)C(=O)O. The summed E-state index contributed by atoms with van der Waals surface area (Å²) in [6, 6.07) is 3.27. The van der Waals surface area contributed by atoms with Crippen molar-refractivity contribution in [1.82, 2.24) is 5.32 Å². The van der Waals surface area contributed by atoms with Crippen LogP contribution in [0.5, 0.6) is 0 Å². The van der Waals surface area contributed by atoms with Gasteiger partial charge < -0.3 is 10.4 Å². The molecule has 0 atom stereocenters. The van der Waals surface area contributed by atoms with Gasteiger partial charge in [-0.05, 0) is 45.0 Å². The van der Waals surface area contributed by atoms with Crippen LogP contribution in [0, 0.1) is 17.0 Å². The number of hydrogen-bond donors (Lipinski definition) is 2. The summed E-state index contributed by atoms with van der Waals surface area (Å²) in [7, 11) is 0. The Morgan fingerprint density at radius 1 is 1.39 bits per heavy atom. The smallest absolute Gasteiger partial charge is 0.309 e. The van der Waals surface area contributed by atoms with Gasteiger partial charge in [0.1, 0.15) is 11.6 Å². The van der Waals surface area contributed by atoms with Crippen LogP contribution in [0.15, 0.2) is 18.2 Å². The summed E-state index contributed by atoms with van der Waals surface area (Å²) < 4.78 is 26.1. The molecule has 0 aromatic heterocycles. The molecule has 0 aliphatic heterocycles. The summed E-state index contributed by atoms with van der Waals surface area (Å²) in [5.74, 6) is -1.83. The molecule has 0 bridgehead atoms. The zero-order chi connectivity index (χ0) is 13.8. The lowest BCUT2D eigenvalue weighted by Gasteiger charge is -2.19. The minimum absolute atomic E-state index is 0.180. The van der Waals surface area contributed by atoms with E-state index in [-0.39, 0.29) is 12.1 Å². The quantitative estimate of drug-likeness (QED) is 0.770. The van der Waals surface area contributed by atoms with E-state index in [1.54, 1.807) is 13.8 Å². The molecule has 0 unspecified atom stereocenters. The molecule has 1 aromatic rings. The summed E-state index contributed by atoms with van der Waals surface area (Å²) in [4.78, 5) is 10.8. The molecular weight excluding hydrogens is 240 g/mol. The van der Waals surface area contributed by atoms with Crippen molar-refractivity contribution in [3.63, 3.8) is 0 Å². The van der Waals surface area contributed by atoms with Crippen molar-refractivity contribution < 1.29 is 18.7 Å². The minimum Gasteiger partial charge on any atom is -0.481 e. The van der Waals surface area contributed by atoms with Crippen molar-refractivity contribution in [1.29, 1.82) is 0 Å². The molecule has 0 spiro atoms. The summed E-state index contributed by atoms with van der Waals surface area (Å²) in [5, 5.41) is 11.8. The lowest BCUT2D eigenvalue weighted by atomic mass is 9.90. The van der Waals surface area contributed by atoms with Crippen molar-refractivity contribution in [3.8, 4) is 0 Å². The third-order valence-electron chi connectivity index (χ3n) is 2.83. The van der Waals surface area contributed by atoms with Crippen molar-refractivity contribution in [3.05, 3.63) is 35.4 Å². The van der Waals surface area contributed by atoms with E-state index in [2.05, 4.69) is 5.32 Å². The number of carbonyl (C=O) groups is 1. The largest absolute Gasteiger partial charge is 0.481 e. The zero-order valence-electron chi connectivity index (χ0n) is 10.5.